The first-order valence-electron chi connectivity index (χ1n) is 11.9. The number of likely N-dealkylation sites (tertiary alicyclic amines) is 1. The Morgan fingerprint density at radius 3 is 2.18 bits per heavy atom. The second kappa shape index (κ2) is 12.7. The number of carbonyl (C=O) groups is 2. The van der Waals surface area contributed by atoms with Crippen LogP contribution in [0.3, 0.4) is 0 Å². The van der Waals surface area contributed by atoms with Gasteiger partial charge in [0.15, 0.2) is 0 Å². The van der Waals surface area contributed by atoms with Crippen LogP contribution in [0.15, 0.2) is 28.8 Å². The average molecular weight is 568 g/mol. The molecule has 2 N–H and O–H groups in total. The van der Waals surface area contributed by atoms with Crippen molar-refractivity contribution in [3.8, 4) is 0 Å². The van der Waals surface area contributed by atoms with E-state index < -0.39 is 24.3 Å². The van der Waals surface area contributed by atoms with Crippen molar-refractivity contribution in [2.75, 3.05) is 19.7 Å². The highest BCUT2D eigenvalue weighted by Gasteiger charge is 2.42. The van der Waals surface area contributed by atoms with Crippen LogP contribution >= 0.6 is 0 Å². The fourth-order valence-corrected chi connectivity index (χ4v) is 4.25. The molecule has 1 saturated carbocycles. The first-order chi connectivity index (χ1) is 18.2. The zero-order valence-electron chi connectivity index (χ0n) is 20.4. The summed E-state index contributed by atoms with van der Waals surface area (Å²) in [7, 11) is 0. The maximum absolute atomic E-state index is 10.6. The van der Waals surface area contributed by atoms with Crippen molar-refractivity contribution in [3.63, 3.8) is 0 Å². The smallest absolute Gasteiger partial charge is 0.475 e. The van der Waals surface area contributed by atoms with Gasteiger partial charge in [0.2, 0.25) is 11.8 Å². The molecule has 2 aromatic heterocycles. The molecule has 3 atom stereocenters. The molecule has 16 heteroatoms. The molecule has 216 valence electrons. The van der Waals surface area contributed by atoms with Crippen molar-refractivity contribution in [1.29, 1.82) is 0 Å². The van der Waals surface area contributed by atoms with Gasteiger partial charge >= 0.3 is 24.3 Å². The third-order valence-electron chi connectivity index (χ3n) is 6.26. The molecule has 0 unspecified atom stereocenters. The molecular weight excluding hydrogens is 542 g/mol. The lowest BCUT2D eigenvalue weighted by Crippen LogP contribution is -2.41. The van der Waals surface area contributed by atoms with Crippen molar-refractivity contribution >= 4 is 11.9 Å². The highest BCUT2D eigenvalue weighted by Crippen LogP contribution is 2.40. The maximum Gasteiger partial charge on any atom is 0.490 e. The fourth-order valence-electron chi connectivity index (χ4n) is 4.25. The van der Waals surface area contributed by atoms with Gasteiger partial charge in [0.25, 0.3) is 0 Å². The van der Waals surface area contributed by atoms with Gasteiger partial charge < -0.3 is 19.4 Å². The number of aromatic nitrogens is 3. The highest BCUT2D eigenvalue weighted by atomic mass is 19.4. The van der Waals surface area contributed by atoms with E-state index in [9.17, 15) is 26.3 Å². The van der Waals surface area contributed by atoms with Crippen molar-refractivity contribution < 1.29 is 55.3 Å². The molecule has 2 aliphatic heterocycles. The maximum atomic E-state index is 10.6. The molecule has 2 aromatic rings. The number of aliphatic carboxylic acids is 2. The van der Waals surface area contributed by atoms with Gasteiger partial charge in [-0.2, -0.15) is 26.3 Å². The monoisotopic (exact) mass is 568 g/mol. The summed E-state index contributed by atoms with van der Waals surface area (Å²) in [6.07, 6.45) is -3.74. The van der Waals surface area contributed by atoms with Gasteiger partial charge in [-0.25, -0.2) is 9.59 Å². The van der Waals surface area contributed by atoms with Crippen LogP contribution in [0.1, 0.15) is 42.7 Å². The normalized spacial score (nSPS) is 23.1. The molecule has 0 radical (unpaired) electrons. The average Bonchev–Trinajstić information content (AvgIpc) is 3.48. The van der Waals surface area contributed by atoms with E-state index in [1.165, 1.54) is 19.3 Å². The van der Waals surface area contributed by atoms with E-state index in [1.807, 2.05) is 12.3 Å². The Bertz CT molecular complexity index is 1070. The summed E-state index contributed by atoms with van der Waals surface area (Å²) in [5.74, 6) is -2.20. The standard InChI is InChI=1S/C19H24N4O2.2C2HF3O2/c1-2-7-20-15(3-1)11-23-8-6-16-14(10-23)12-24-17(16)9-18-21-22-19(25-18)13-4-5-13;2*3-2(4,5)1(6)7/h1-3,7,13-14,16-17H,4-6,8-12H2;2*(H,6,7)/t14-,16-,17-;;/m1../s1. The SMILES string of the molecule is O=C(O)C(F)(F)F.O=C(O)C(F)(F)F.c1ccc(CN2CC[C@@H]3[C@@H](CO[C@@H]3Cc3nnc(C4CC4)o3)C2)nc1. The number of halogens is 6. The van der Waals surface area contributed by atoms with E-state index in [0.717, 1.165) is 50.1 Å². The van der Waals surface area contributed by atoms with Crippen LogP contribution in [0.2, 0.25) is 0 Å². The molecule has 2 saturated heterocycles. The quantitative estimate of drug-likeness (QED) is 0.514. The summed E-state index contributed by atoms with van der Waals surface area (Å²) in [6, 6.07) is 6.13. The molecule has 5 rings (SSSR count). The Kier molecular flexibility index (Phi) is 9.88. The molecule has 10 nitrogen and oxygen atoms in total. The molecule has 0 spiro atoms. The van der Waals surface area contributed by atoms with Crippen LogP contribution in [-0.4, -0.2) is 80.4 Å². The number of hydrogen-bond acceptors (Lipinski definition) is 8. The lowest BCUT2D eigenvalue weighted by molar-refractivity contribution is -0.193. The fraction of sp³-hybridized carbons (Fsp3) is 0.609. The first-order valence-corrected chi connectivity index (χ1v) is 11.9. The number of ether oxygens (including phenoxy) is 1. The van der Waals surface area contributed by atoms with E-state index in [4.69, 9.17) is 29.0 Å². The highest BCUT2D eigenvalue weighted by molar-refractivity contribution is 5.73. The Morgan fingerprint density at radius 1 is 1.00 bits per heavy atom. The number of fused-ring (bicyclic) bond motifs is 1. The Morgan fingerprint density at radius 2 is 1.64 bits per heavy atom. The summed E-state index contributed by atoms with van der Waals surface area (Å²) in [5.41, 5.74) is 1.15. The molecule has 39 heavy (non-hydrogen) atoms. The lowest BCUT2D eigenvalue weighted by atomic mass is 9.83. The van der Waals surface area contributed by atoms with Gasteiger partial charge in [0.1, 0.15) is 0 Å². The summed E-state index contributed by atoms with van der Waals surface area (Å²) in [4.78, 5) is 24.7. The Hall–Kier alpha value is -3.27. The van der Waals surface area contributed by atoms with E-state index >= 15 is 0 Å². The van der Waals surface area contributed by atoms with Crippen LogP contribution in [0.4, 0.5) is 26.3 Å². The summed E-state index contributed by atoms with van der Waals surface area (Å²) in [5, 5.41) is 22.7. The van der Waals surface area contributed by atoms with E-state index in [-0.39, 0.29) is 6.10 Å². The number of nitrogens with zero attached hydrogens (tertiary/aromatic N) is 4. The number of carboxylic acid groups (broad SMARTS) is 2. The predicted octanol–water partition coefficient (Wildman–Crippen LogP) is 3.69. The van der Waals surface area contributed by atoms with Gasteiger partial charge in [0.05, 0.1) is 24.8 Å². The molecule has 0 aromatic carbocycles. The minimum atomic E-state index is -5.08. The largest absolute Gasteiger partial charge is 0.490 e. The predicted molar refractivity (Wildman–Crippen MR) is 118 cm³/mol. The summed E-state index contributed by atoms with van der Waals surface area (Å²) in [6.45, 7) is 3.98. The van der Waals surface area contributed by atoms with Crippen molar-refractivity contribution in [1.82, 2.24) is 20.1 Å². The third-order valence-corrected chi connectivity index (χ3v) is 6.26. The zero-order valence-corrected chi connectivity index (χ0v) is 20.4. The molecule has 3 aliphatic rings. The van der Waals surface area contributed by atoms with Crippen molar-refractivity contribution in [2.45, 2.75) is 56.6 Å². The number of rotatable bonds is 5. The molecule has 3 fully saturated rings. The van der Waals surface area contributed by atoms with Crippen LogP contribution in [0.25, 0.3) is 0 Å². The molecular formula is C23H26F6N4O6. The molecule has 0 amide bonds. The lowest BCUT2D eigenvalue weighted by Gasteiger charge is -2.35. The molecule has 1 aliphatic carbocycles. The first kappa shape index (κ1) is 30.3. The number of pyridine rings is 1. The van der Waals surface area contributed by atoms with Crippen LogP contribution in [0.5, 0.6) is 0 Å². The van der Waals surface area contributed by atoms with E-state index in [1.54, 1.807) is 0 Å². The van der Waals surface area contributed by atoms with Crippen LogP contribution in [0, 0.1) is 11.8 Å². The Balaban J connectivity index is 0.000000251. The summed E-state index contributed by atoms with van der Waals surface area (Å²) >= 11 is 0. The summed E-state index contributed by atoms with van der Waals surface area (Å²) < 4.78 is 75.4. The number of alkyl halides is 6. The zero-order chi connectivity index (χ0) is 28.8. The van der Waals surface area contributed by atoms with Gasteiger partial charge in [-0.1, -0.05) is 6.07 Å². The minimum Gasteiger partial charge on any atom is -0.475 e. The van der Waals surface area contributed by atoms with Crippen molar-refractivity contribution in [2.24, 2.45) is 11.8 Å². The number of carboxylic acids is 2. The molecule has 0 bridgehead atoms. The minimum absolute atomic E-state index is 0.231. The number of piperidine rings is 1. The van der Waals surface area contributed by atoms with Gasteiger partial charge in [-0.3, -0.25) is 9.88 Å². The van der Waals surface area contributed by atoms with Gasteiger partial charge in [-0.05, 0) is 43.9 Å². The Labute approximate surface area is 218 Å². The van der Waals surface area contributed by atoms with Crippen LogP contribution in [-0.2, 0) is 27.3 Å². The van der Waals surface area contributed by atoms with E-state index in [0.29, 0.717) is 17.8 Å². The van der Waals surface area contributed by atoms with E-state index in [2.05, 4.69) is 32.2 Å². The van der Waals surface area contributed by atoms with Crippen molar-refractivity contribution in [3.05, 3.63) is 41.9 Å². The second-order valence-corrected chi connectivity index (χ2v) is 9.26. The second-order valence-electron chi connectivity index (χ2n) is 9.26. The van der Waals surface area contributed by atoms with Crippen LogP contribution < -0.4 is 0 Å². The third kappa shape index (κ3) is 9.45. The molecule has 4 heterocycles. The number of hydrogen-bond donors (Lipinski definition) is 2. The van der Waals surface area contributed by atoms with Gasteiger partial charge in [0, 0.05) is 31.1 Å². The van der Waals surface area contributed by atoms with Gasteiger partial charge in [-0.15, -0.1) is 10.2 Å². The topological polar surface area (TPSA) is 139 Å².